The lowest BCUT2D eigenvalue weighted by Crippen LogP contribution is -2.27. The van der Waals surface area contributed by atoms with E-state index in [2.05, 4.69) is 21.2 Å². The van der Waals surface area contributed by atoms with Gasteiger partial charge in [-0.25, -0.2) is 0 Å². The molecule has 0 aromatic carbocycles. The molecule has 1 saturated carbocycles. The molecule has 0 atom stereocenters. The zero-order valence-corrected chi connectivity index (χ0v) is 6.78. The minimum atomic E-state index is -0.0746. The topological polar surface area (TPSA) is 29.1 Å². The van der Waals surface area contributed by atoms with Gasteiger partial charge in [-0.15, -0.1) is 0 Å². The van der Waals surface area contributed by atoms with Crippen molar-refractivity contribution in [1.82, 2.24) is 5.32 Å². The highest BCUT2D eigenvalue weighted by Crippen LogP contribution is 2.17. The summed E-state index contributed by atoms with van der Waals surface area (Å²) in [5.41, 5.74) is 0. The van der Waals surface area contributed by atoms with Gasteiger partial charge in [0.1, 0.15) is 0 Å². The van der Waals surface area contributed by atoms with Crippen LogP contribution in [-0.4, -0.2) is 10.9 Å². The summed E-state index contributed by atoms with van der Waals surface area (Å²) in [6, 6.07) is 0.442. The van der Waals surface area contributed by atoms with E-state index < -0.39 is 0 Å². The first-order chi connectivity index (χ1) is 4.29. The molecule has 1 amide bonds. The van der Waals surface area contributed by atoms with Crippen molar-refractivity contribution in [2.24, 2.45) is 0 Å². The fraction of sp³-hybridized carbons (Fsp3) is 0.833. The van der Waals surface area contributed by atoms with E-state index in [9.17, 15) is 4.79 Å². The molecule has 1 aliphatic carbocycles. The van der Waals surface area contributed by atoms with Crippen molar-refractivity contribution < 1.29 is 4.79 Å². The van der Waals surface area contributed by atoms with E-state index in [0.29, 0.717) is 6.04 Å². The third kappa shape index (κ3) is 2.35. The van der Waals surface area contributed by atoms with E-state index in [-0.39, 0.29) is 4.82 Å². The fourth-order valence-corrected chi connectivity index (χ4v) is 1.55. The van der Waals surface area contributed by atoms with E-state index in [4.69, 9.17) is 0 Å². The number of carbonyl (C=O) groups excluding carboxylic acids is 1. The summed E-state index contributed by atoms with van der Waals surface area (Å²) in [6.45, 7) is 0. The molecule has 0 aromatic rings. The first kappa shape index (κ1) is 7.06. The highest BCUT2D eigenvalue weighted by Gasteiger charge is 2.15. The van der Waals surface area contributed by atoms with E-state index >= 15 is 0 Å². The zero-order chi connectivity index (χ0) is 6.69. The number of hydrogen-bond donors (Lipinski definition) is 1. The standard InChI is InChI=1S/C6H10BrNO/c7-6(9)8-5-3-1-2-4-5/h5H,1-4H2,(H,8,9). The van der Waals surface area contributed by atoms with Gasteiger partial charge in [0.05, 0.1) is 0 Å². The van der Waals surface area contributed by atoms with Gasteiger partial charge in [0.15, 0.2) is 0 Å². The Balaban J connectivity index is 2.19. The minimum absolute atomic E-state index is 0.0746. The normalized spacial score (nSPS) is 20.1. The van der Waals surface area contributed by atoms with Gasteiger partial charge in [-0.3, -0.25) is 4.79 Å². The summed E-state index contributed by atoms with van der Waals surface area (Å²) < 4.78 is 0. The van der Waals surface area contributed by atoms with E-state index in [0.717, 1.165) is 12.8 Å². The van der Waals surface area contributed by atoms with Crippen molar-refractivity contribution in [3.05, 3.63) is 0 Å². The highest BCUT2D eigenvalue weighted by atomic mass is 79.9. The number of carbonyl (C=O) groups is 1. The summed E-state index contributed by atoms with van der Waals surface area (Å²) in [4.78, 5) is 10.3. The van der Waals surface area contributed by atoms with Crippen molar-refractivity contribution >= 4 is 20.7 Å². The Morgan fingerprint density at radius 3 is 2.44 bits per heavy atom. The lowest BCUT2D eigenvalue weighted by molar-refractivity contribution is 0.258. The average Bonchev–Trinajstić information content (AvgIpc) is 2.15. The predicted octanol–water partition coefficient (Wildman–Crippen LogP) is 2.03. The van der Waals surface area contributed by atoms with Gasteiger partial charge in [-0.1, -0.05) is 12.8 Å². The summed E-state index contributed by atoms with van der Waals surface area (Å²) in [7, 11) is 0. The smallest absolute Gasteiger partial charge is 0.287 e. The Hall–Kier alpha value is -0.0500. The third-order valence-corrected chi connectivity index (χ3v) is 1.90. The van der Waals surface area contributed by atoms with Crippen LogP contribution in [0.1, 0.15) is 25.7 Å². The molecule has 0 radical (unpaired) electrons. The van der Waals surface area contributed by atoms with Gasteiger partial charge in [0.25, 0.3) is 4.82 Å². The molecule has 1 fully saturated rings. The lowest BCUT2D eigenvalue weighted by Gasteiger charge is -2.06. The quantitative estimate of drug-likeness (QED) is 0.499. The second-order valence-electron chi connectivity index (χ2n) is 2.40. The average molecular weight is 192 g/mol. The van der Waals surface area contributed by atoms with Crippen LogP contribution in [0.2, 0.25) is 0 Å². The highest BCUT2D eigenvalue weighted by molar-refractivity contribution is 9.18. The van der Waals surface area contributed by atoms with Crippen LogP contribution in [0.5, 0.6) is 0 Å². The van der Waals surface area contributed by atoms with Crippen molar-refractivity contribution in [1.29, 1.82) is 0 Å². The molecular weight excluding hydrogens is 182 g/mol. The molecule has 1 rings (SSSR count). The Bertz CT molecular complexity index is 110. The number of amides is 1. The van der Waals surface area contributed by atoms with Gasteiger partial charge >= 0.3 is 0 Å². The largest absolute Gasteiger partial charge is 0.344 e. The summed E-state index contributed by atoms with van der Waals surface area (Å²) in [5, 5.41) is 2.82. The lowest BCUT2D eigenvalue weighted by atomic mass is 10.3. The van der Waals surface area contributed by atoms with Crippen LogP contribution in [0.4, 0.5) is 4.79 Å². The molecule has 1 aliphatic rings. The van der Waals surface area contributed by atoms with Crippen LogP contribution in [0.25, 0.3) is 0 Å². The Labute approximate surface area is 63.1 Å². The molecule has 3 heteroatoms. The monoisotopic (exact) mass is 191 g/mol. The van der Waals surface area contributed by atoms with Crippen molar-refractivity contribution in [3.8, 4) is 0 Å². The molecule has 0 aromatic heterocycles. The second-order valence-corrected chi connectivity index (χ2v) is 3.12. The maximum Gasteiger partial charge on any atom is 0.287 e. The van der Waals surface area contributed by atoms with Crippen LogP contribution < -0.4 is 5.32 Å². The van der Waals surface area contributed by atoms with Crippen molar-refractivity contribution in [2.75, 3.05) is 0 Å². The number of hydrogen-bond acceptors (Lipinski definition) is 1. The Morgan fingerprint density at radius 1 is 1.44 bits per heavy atom. The number of halogens is 1. The molecule has 52 valence electrons. The van der Waals surface area contributed by atoms with Gasteiger partial charge in [-0.05, 0) is 12.8 Å². The molecule has 0 aliphatic heterocycles. The molecule has 0 spiro atoms. The van der Waals surface area contributed by atoms with E-state index in [1.807, 2.05) is 0 Å². The molecule has 2 nitrogen and oxygen atoms in total. The van der Waals surface area contributed by atoms with Gasteiger partial charge < -0.3 is 5.32 Å². The van der Waals surface area contributed by atoms with E-state index in [1.165, 1.54) is 12.8 Å². The molecule has 0 bridgehead atoms. The molecular formula is C6H10BrNO. The molecule has 0 saturated heterocycles. The first-order valence-corrected chi connectivity index (χ1v) is 4.04. The summed E-state index contributed by atoms with van der Waals surface area (Å²) in [6.07, 6.45) is 4.82. The van der Waals surface area contributed by atoms with Gasteiger partial charge in [0, 0.05) is 22.0 Å². The van der Waals surface area contributed by atoms with Crippen LogP contribution >= 0.6 is 15.9 Å². The van der Waals surface area contributed by atoms with Gasteiger partial charge in [0.2, 0.25) is 0 Å². The Kier molecular flexibility index (Phi) is 2.51. The maximum atomic E-state index is 10.4. The number of nitrogens with one attached hydrogen (secondary N) is 1. The van der Waals surface area contributed by atoms with Crippen LogP contribution in [0.15, 0.2) is 0 Å². The van der Waals surface area contributed by atoms with Crippen molar-refractivity contribution in [2.45, 2.75) is 31.7 Å². The van der Waals surface area contributed by atoms with Crippen LogP contribution in [-0.2, 0) is 0 Å². The number of rotatable bonds is 1. The zero-order valence-electron chi connectivity index (χ0n) is 5.19. The molecule has 1 N–H and O–H groups in total. The molecule has 9 heavy (non-hydrogen) atoms. The third-order valence-electron chi connectivity index (χ3n) is 1.67. The van der Waals surface area contributed by atoms with E-state index in [1.54, 1.807) is 0 Å². The SMILES string of the molecule is O=C(Br)NC1CCCC1. The fourth-order valence-electron chi connectivity index (χ4n) is 1.23. The molecule has 0 heterocycles. The Morgan fingerprint density at radius 2 is 2.00 bits per heavy atom. The maximum absolute atomic E-state index is 10.4. The van der Waals surface area contributed by atoms with Crippen molar-refractivity contribution in [3.63, 3.8) is 0 Å². The predicted molar refractivity (Wildman–Crippen MR) is 39.7 cm³/mol. The van der Waals surface area contributed by atoms with Gasteiger partial charge in [-0.2, -0.15) is 0 Å². The summed E-state index contributed by atoms with van der Waals surface area (Å²) >= 11 is 2.83. The minimum Gasteiger partial charge on any atom is -0.344 e. The first-order valence-electron chi connectivity index (χ1n) is 3.25. The second kappa shape index (κ2) is 3.20. The van der Waals surface area contributed by atoms with Crippen LogP contribution in [0.3, 0.4) is 0 Å². The molecule has 0 unspecified atom stereocenters. The summed E-state index contributed by atoms with van der Waals surface area (Å²) in [5.74, 6) is 0. The van der Waals surface area contributed by atoms with Crippen LogP contribution in [0, 0.1) is 0 Å².